The van der Waals surface area contributed by atoms with E-state index in [9.17, 15) is 9.90 Å². The summed E-state index contributed by atoms with van der Waals surface area (Å²) in [7, 11) is 0. The number of carbonyl (C=O) groups excluding carboxylic acids is 1. The Balaban J connectivity index is 0.00000128. The van der Waals surface area contributed by atoms with Gasteiger partial charge in [-0.25, -0.2) is 0 Å². The van der Waals surface area contributed by atoms with E-state index in [-0.39, 0.29) is 75.2 Å². The molecular weight excluding hydrogens is 273 g/mol. The molecule has 4 nitrogen and oxygen atoms in total. The number of rotatable bonds is 3. The molecule has 1 N–H and O–H groups in total. The molecule has 2 rings (SSSR count). The van der Waals surface area contributed by atoms with Gasteiger partial charge in [0, 0.05) is 4.91 Å². The van der Waals surface area contributed by atoms with Crippen LogP contribution in [0.4, 0.5) is 0 Å². The van der Waals surface area contributed by atoms with Gasteiger partial charge in [0.15, 0.2) is 0 Å². The van der Waals surface area contributed by atoms with E-state index in [4.69, 9.17) is 5.11 Å². The van der Waals surface area contributed by atoms with Gasteiger partial charge in [0.05, 0.1) is 18.2 Å². The number of β-lactam (4-membered cyclic amide) rings is 1. The number of allylic oxidation sites excluding steroid dienone is 1. The maximum Gasteiger partial charge on any atom is 1.00 e. The van der Waals surface area contributed by atoms with Crippen LogP contribution in [0.2, 0.25) is 0 Å². The van der Waals surface area contributed by atoms with Crippen LogP contribution in [0.15, 0.2) is 10.6 Å². The molecule has 2 heterocycles. The average Bonchev–Trinajstić information content (AvgIpc) is 2.53. The fourth-order valence-corrected chi connectivity index (χ4v) is 3.59. The summed E-state index contributed by atoms with van der Waals surface area (Å²) < 4.78 is 0. The average molecular weight is 283 g/mol. The molecule has 0 bridgehead atoms. The summed E-state index contributed by atoms with van der Waals surface area (Å²) in [5.41, 5.74) is 0.359. The number of hydrogen-bond donors (Lipinski definition) is 1. The van der Waals surface area contributed by atoms with E-state index >= 15 is 0 Å². The number of aliphatic hydroxyl groups excluding tert-OH is 1. The van der Waals surface area contributed by atoms with Gasteiger partial charge in [-0.3, -0.25) is 9.69 Å². The van der Waals surface area contributed by atoms with Crippen molar-refractivity contribution in [3.8, 4) is 0 Å². The van der Waals surface area contributed by atoms with Gasteiger partial charge in [-0.2, -0.15) is 0 Å². The van der Waals surface area contributed by atoms with Crippen LogP contribution in [-0.4, -0.2) is 32.9 Å². The molecule has 1 fully saturated rings. The van der Waals surface area contributed by atoms with Crippen LogP contribution in [0.3, 0.4) is 0 Å². The maximum atomic E-state index is 11.6. The second-order valence-electron chi connectivity index (χ2n) is 3.42. The number of amides is 1. The minimum absolute atomic E-state index is 0. The molecule has 1 saturated heterocycles. The van der Waals surface area contributed by atoms with Crippen molar-refractivity contribution in [3.63, 3.8) is 0 Å². The zero-order valence-electron chi connectivity index (χ0n) is 9.10. The van der Waals surface area contributed by atoms with E-state index in [1.807, 2.05) is 6.92 Å². The van der Waals surface area contributed by atoms with Crippen LogP contribution in [0.5, 0.6) is 0 Å². The Bertz CT molecular complexity index is 372. The minimum atomic E-state index is -0.480. The van der Waals surface area contributed by atoms with Gasteiger partial charge in [-0.05, 0) is 11.5 Å². The van der Waals surface area contributed by atoms with Crippen LogP contribution in [0.1, 0.15) is 13.3 Å². The molecule has 0 saturated carbocycles. The fraction of sp³-hybridized carbons (Fsp3) is 0.556. The maximum absolute atomic E-state index is 11.6. The smallest absolute Gasteiger partial charge is 0.863 e. The standard InChI is InChI=1S/C9H11NO3S2.K/c1-2-5-6(9(13)14)10-7(12)4(3-11)8(10)15-5;/h4,8,11H,2-3H2,1H3,(H,13,14);/q;+1/p-1/t4-,8-;/m1./s1. The molecule has 2 atom stereocenters. The van der Waals surface area contributed by atoms with Crippen molar-refractivity contribution in [1.82, 2.24) is 4.90 Å². The molecule has 2 aliphatic heterocycles. The van der Waals surface area contributed by atoms with Crippen LogP contribution in [-0.2, 0) is 4.79 Å². The van der Waals surface area contributed by atoms with Crippen LogP contribution < -0.4 is 56.5 Å². The van der Waals surface area contributed by atoms with Gasteiger partial charge < -0.3 is 10.2 Å². The molecule has 2 aliphatic rings. The summed E-state index contributed by atoms with van der Waals surface area (Å²) in [6, 6.07) is 0. The van der Waals surface area contributed by atoms with Gasteiger partial charge in [-0.15, -0.1) is 11.8 Å². The third-order valence-electron chi connectivity index (χ3n) is 2.63. The van der Waals surface area contributed by atoms with Crippen molar-refractivity contribution in [2.24, 2.45) is 5.92 Å². The fourth-order valence-electron chi connectivity index (χ4n) is 1.86. The summed E-state index contributed by atoms with van der Waals surface area (Å²) in [6.45, 7) is 1.76. The number of thioether (sulfide) groups is 1. The van der Waals surface area contributed by atoms with E-state index in [1.54, 1.807) is 0 Å². The van der Waals surface area contributed by atoms with Crippen LogP contribution in [0.25, 0.3) is 0 Å². The Morgan fingerprint density at radius 1 is 1.69 bits per heavy atom. The predicted molar refractivity (Wildman–Crippen MR) is 58.7 cm³/mol. The molecule has 7 heteroatoms. The van der Waals surface area contributed by atoms with Gasteiger partial charge >= 0.3 is 51.4 Å². The second-order valence-corrected chi connectivity index (χ2v) is 5.00. The number of fused-ring (bicyclic) bond motifs is 1. The Labute approximate surface area is 146 Å². The van der Waals surface area contributed by atoms with E-state index in [0.717, 1.165) is 4.91 Å². The normalized spacial score (nSPS) is 27.4. The first-order valence-electron chi connectivity index (χ1n) is 4.66. The molecule has 1 amide bonds. The van der Waals surface area contributed by atoms with Crippen molar-refractivity contribution in [2.45, 2.75) is 18.7 Å². The zero-order chi connectivity index (χ0) is 11.2. The van der Waals surface area contributed by atoms with Crippen LogP contribution in [0, 0.1) is 5.92 Å². The van der Waals surface area contributed by atoms with Gasteiger partial charge in [0.2, 0.25) is 5.91 Å². The van der Waals surface area contributed by atoms with Gasteiger partial charge in [0.1, 0.15) is 5.37 Å². The van der Waals surface area contributed by atoms with Crippen molar-refractivity contribution in [2.75, 3.05) is 6.61 Å². The Kier molecular flexibility index (Phi) is 5.47. The van der Waals surface area contributed by atoms with Crippen molar-refractivity contribution < 1.29 is 66.4 Å². The first kappa shape index (κ1) is 15.1. The first-order valence-corrected chi connectivity index (χ1v) is 5.95. The number of nitrogens with zero attached hydrogens (tertiary/aromatic N) is 1. The predicted octanol–water partition coefficient (Wildman–Crippen LogP) is -3.18. The number of thiocarbonyl (C=S) groups is 1. The minimum Gasteiger partial charge on any atom is -0.863 e. The zero-order valence-corrected chi connectivity index (χ0v) is 13.9. The number of hydrogen-bond acceptors (Lipinski definition) is 5. The monoisotopic (exact) mass is 283 g/mol. The summed E-state index contributed by atoms with van der Waals surface area (Å²) >= 11 is 6.08. The van der Waals surface area contributed by atoms with E-state index in [1.165, 1.54) is 16.7 Å². The SMILES string of the molecule is CCC1=C(C([O-])=S)N2C(=O)[C@@H](CO)[C@H]2S1.[K+]. The van der Waals surface area contributed by atoms with E-state index < -0.39 is 5.05 Å². The second kappa shape index (κ2) is 5.79. The number of carbonyl (C=O) groups is 1. The summed E-state index contributed by atoms with van der Waals surface area (Å²) in [4.78, 5) is 13.9. The van der Waals surface area contributed by atoms with Crippen molar-refractivity contribution in [3.05, 3.63) is 10.6 Å². The third kappa shape index (κ3) is 2.16. The molecule has 0 spiro atoms. The molecule has 0 aromatic carbocycles. The molecule has 0 radical (unpaired) electrons. The van der Waals surface area contributed by atoms with Crippen LogP contribution >= 0.6 is 24.0 Å². The summed E-state index contributed by atoms with van der Waals surface area (Å²) in [5, 5.41) is 19.6. The largest absolute Gasteiger partial charge is 1.00 e. The Hall–Kier alpha value is 1.05. The molecule has 82 valence electrons. The summed E-state index contributed by atoms with van der Waals surface area (Å²) in [5.74, 6) is -0.560. The Morgan fingerprint density at radius 2 is 2.31 bits per heavy atom. The molecule has 0 aromatic heterocycles. The van der Waals surface area contributed by atoms with E-state index in [2.05, 4.69) is 12.2 Å². The quantitative estimate of drug-likeness (QED) is 0.336. The number of aliphatic hydroxyl groups is 1. The Morgan fingerprint density at radius 3 is 2.75 bits per heavy atom. The topological polar surface area (TPSA) is 63.6 Å². The summed E-state index contributed by atoms with van der Waals surface area (Å²) in [6.07, 6.45) is 0.695. The van der Waals surface area contributed by atoms with Gasteiger partial charge in [0.25, 0.3) is 0 Å². The molecule has 0 aliphatic carbocycles. The third-order valence-corrected chi connectivity index (χ3v) is 4.37. The first-order chi connectivity index (χ1) is 7.11. The van der Waals surface area contributed by atoms with Crippen molar-refractivity contribution >= 4 is 34.9 Å². The molecule has 0 unspecified atom stereocenters. The van der Waals surface area contributed by atoms with Crippen molar-refractivity contribution in [1.29, 1.82) is 0 Å². The van der Waals surface area contributed by atoms with E-state index in [0.29, 0.717) is 12.1 Å². The van der Waals surface area contributed by atoms with Gasteiger partial charge in [-0.1, -0.05) is 19.1 Å². The molecule has 0 aromatic rings. The molecule has 16 heavy (non-hydrogen) atoms. The molecular formula is C9H10KNO3S2.